The third-order valence-corrected chi connectivity index (χ3v) is 6.28. The Morgan fingerprint density at radius 1 is 0.931 bits per heavy atom. The van der Waals surface area contributed by atoms with E-state index >= 15 is 0 Å². The fourth-order valence-corrected chi connectivity index (χ4v) is 4.41. The zero-order valence-corrected chi connectivity index (χ0v) is 17.7. The molecule has 4 rings (SSSR count). The van der Waals surface area contributed by atoms with E-state index in [0.717, 1.165) is 31.7 Å². The highest BCUT2D eigenvalue weighted by atomic mass is 35.5. The van der Waals surface area contributed by atoms with Crippen molar-refractivity contribution in [3.05, 3.63) is 64.7 Å². The van der Waals surface area contributed by atoms with Gasteiger partial charge in [-0.25, -0.2) is 0 Å². The van der Waals surface area contributed by atoms with Gasteiger partial charge in [0, 0.05) is 55.5 Å². The first-order valence-corrected chi connectivity index (χ1v) is 10.4. The summed E-state index contributed by atoms with van der Waals surface area (Å²) in [7, 11) is 0. The highest BCUT2D eigenvalue weighted by Crippen LogP contribution is 2.35. The van der Waals surface area contributed by atoms with Crippen LogP contribution in [-0.2, 0) is 10.2 Å². The molecular weight excluding hydrogens is 386 g/mol. The van der Waals surface area contributed by atoms with Gasteiger partial charge in [0.15, 0.2) is 0 Å². The molecule has 152 valence electrons. The number of imide groups is 1. The average Bonchev–Trinajstić information content (AvgIpc) is 2.73. The van der Waals surface area contributed by atoms with Gasteiger partial charge in [0.2, 0.25) is 5.91 Å². The molecule has 5 nitrogen and oxygen atoms in total. The normalized spacial score (nSPS) is 19.4. The molecule has 29 heavy (non-hydrogen) atoms. The zero-order chi connectivity index (χ0) is 20.6. The van der Waals surface area contributed by atoms with Crippen LogP contribution in [0.1, 0.15) is 29.8 Å². The number of anilines is 1. The van der Waals surface area contributed by atoms with E-state index in [0.29, 0.717) is 23.7 Å². The second-order valence-corrected chi connectivity index (χ2v) is 8.68. The van der Waals surface area contributed by atoms with Gasteiger partial charge >= 0.3 is 0 Å². The van der Waals surface area contributed by atoms with Crippen LogP contribution in [0, 0.1) is 0 Å². The predicted molar refractivity (Wildman–Crippen MR) is 116 cm³/mol. The van der Waals surface area contributed by atoms with Crippen molar-refractivity contribution in [1.82, 2.24) is 9.80 Å². The molecule has 0 aliphatic carbocycles. The fourth-order valence-electron chi connectivity index (χ4n) is 4.24. The molecule has 0 unspecified atom stereocenters. The lowest BCUT2D eigenvalue weighted by molar-refractivity contribution is -0.134. The lowest BCUT2D eigenvalue weighted by atomic mass is 9.77. The summed E-state index contributed by atoms with van der Waals surface area (Å²) in [6, 6.07) is 15.6. The van der Waals surface area contributed by atoms with Crippen LogP contribution >= 0.6 is 11.6 Å². The largest absolute Gasteiger partial charge is 0.369 e. The standard InChI is InChI=1S/C23H26ClN3O2/c1-23(2)20-9-8-17(24)16-19(20)21(28)27(22(23)29)15-12-25-10-13-26(14-11-25)18-6-4-3-5-7-18/h3-9,16H,10-15H2,1-2H3. The minimum Gasteiger partial charge on any atom is -0.369 e. The molecule has 2 amide bonds. The zero-order valence-electron chi connectivity index (χ0n) is 16.9. The third kappa shape index (κ3) is 3.77. The molecule has 0 aromatic heterocycles. The van der Waals surface area contributed by atoms with Gasteiger partial charge in [-0.3, -0.25) is 19.4 Å². The first-order valence-electron chi connectivity index (χ1n) is 10.1. The molecule has 2 aliphatic heterocycles. The van der Waals surface area contributed by atoms with Gasteiger partial charge in [0.1, 0.15) is 0 Å². The van der Waals surface area contributed by atoms with Crippen LogP contribution in [0.3, 0.4) is 0 Å². The SMILES string of the molecule is CC1(C)C(=O)N(CCN2CCN(c3ccccc3)CC2)C(=O)c2cc(Cl)ccc21. The Balaban J connectivity index is 1.41. The molecular formula is C23H26ClN3O2. The highest BCUT2D eigenvalue weighted by molar-refractivity contribution is 6.31. The summed E-state index contributed by atoms with van der Waals surface area (Å²) in [4.78, 5) is 32.2. The summed E-state index contributed by atoms with van der Waals surface area (Å²) in [5, 5.41) is 0.513. The number of hydrogen-bond acceptors (Lipinski definition) is 4. The number of nitrogens with zero attached hydrogens (tertiary/aromatic N) is 3. The van der Waals surface area contributed by atoms with Crippen LogP contribution < -0.4 is 4.90 Å². The second-order valence-electron chi connectivity index (χ2n) is 8.24. The van der Waals surface area contributed by atoms with Gasteiger partial charge in [0.25, 0.3) is 5.91 Å². The third-order valence-electron chi connectivity index (χ3n) is 6.04. The average molecular weight is 412 g/mol. The van der Waals surface area contributed by atoms with Gasteiger partial charge in [-0.15, -0.1) is 0 Å². The van der Waals surface area contributed by atoms with E-state index in [4.69, 9.17) is 11.6 Å². The first kappa shape index (κ1) is 19.9. The van der Waals surface area contributed by atoms with Crippen LogP contribution in [0.15, 0.2) is 48.5 Å². The number of benzene rings is 2. The fraction of sp³-hybridized carbons (Fsp3) is 0.391. The van der Waals surface area contributed by atoms with Crippen molar-refractivity contribution in [2.24, 2.45) is 0 Å². The van der Waals surface area contributed by atoms with Crippen molar-refractivity contribution in [1.29, 1.82) is 0 Å². The van der Waals surface area contributed by atoms with E-state index in [2.05, 4.69) is 34.1 Å². The Hall–Kier alpha value is -2.37. The van der Waals surface area contributed by atoms with E-state index < -0.39 is 5.41 Å². The lowest BCUT2D eigenvalue weighted by Gasteiger charge is -2.40. The van der Waals surface area contributed by atoms with Crippen molar-refractivity contribution in [3.8, 4) is 0 Å². The van der Waals surface area contributed by atoms with Crippen molar-refractivity contribution in [3.63, 3.8) is 0 Å². The molecule has 0 saturated carbocycles. The van der Waals surface area contributed by atoms with Gasteiger partial charge in [0.05, 0.1) is 5.41 Å². The molecule has 2 heterocycles. The number of piperazine rings is 1. The van der Waals surface area contributed by atoms with Gasteiger partial charge in [-0.1, -0.05) is 35.9 Å². The monoisotopic (exact) mass is 411 g/mol. The Labute approximate surface area is 176 Å². The van der Waals surface area contributed by atoms with Gasteiger partial charge in [-0.05, 0) is 43.7 Å². The summed E-state index contributed by atoms with van der Waals surface area (Å²) in [5.41, 5.74) is 1.80. The van der Waals surface area contributed by atoms with Crippen LogP contribution in [0.2, 0.25) is 5.02 Å². The molecule has 0 atom stereocenters. The summed E-state index contributed by atoms with van der Waals surface area (Å²) in [6.07, 6.45) is 0. The number of fused-ring (bicyclic) bond motifs is 1. The van der Waals surface area contributed by atoms with Gasteiger partial charge in [-0.2, -0.15) is 0 Å². The molecule has 2 aliphatic rings. The van der Waals surface area contributed by atoms with E-state index in [1.165, 1.54) is 10.6 Å². The topological polar surface area (TPSA) is 43.9 Å². The van der Waals surface area contributed by atoms with Crippen molar-refractivity contribution < 1.29 is 9.59 Å². The van der Waals surface area contributed by atoms with Crippen LogP contribution in [0.5, 0.6) is 0 Å². The van der Waals surface area contributed by atoms with E-state index in [9.17, 15) is 9.59 Å². The highest BCUT2D eigenvalue weighted by Gasteiger charge is 2.44. The van der Waals surface area contributed by atoms with Crippen LogP contribution in [0.25, 0.3) is 0 Å². The smallest absolute Gasteiger partial charge is 0.260 e. The summed E-state index contributed by atoms with van der Waals surface area (Å²) < 4.78 is 0. The number of para-hydroxylation sites is 1. The van der Waals surface area contributed by atoms with E-state index in [1.807, 2.05) is 19.9 Å². The molecule has 0 bridgehead atoms. The maximum atomic E-state index is 13.1. The molecule has 1 saturated heterocycles. The Kier molecular flexibility index (Phi) is 5.36. The quantitative estimate of drug-likeness (QED) is 0.723. The molecule has 0 spiro atoms. The van der Waals surface area contributed by atoms with Crippen molar-refractivity contribution >= 4 is 29.1 Å². The van der Waals surface area contributed by atoms with Gasteiger partial charge < -0.3 is 4.90 Å². The summed E-state index contributed by atoms with van der Waals surface area (Å²) >= 11 is 6.11. The summed E-state index contributed by atoms with van der Waals surface area (Å²) in [6.45, 7) is 8.55. The first-order chi connectivity index (χ1) is 13.9. The number of amides is 2. The predicted octanol–water partition coefficient (Wildman–Crippen LogP) is 3.42. The maximum absolute atomic E-state index is 13.1. The van der Waals surface area contributed by atoms with E-state index in [-0.39, 0.29) is 11.8 Å². The molecule has 6 heteroatoms. The second kappa shape index (κ2) is 7.81. The minimum atomic E-state index is -0.736. The Morgan fingerprint density at radius 2 is 1.62 bits per heavy atom. The Morgan fingerprint density at radius 3 is 2.31 bits per heavy atom. The Bertz CT molecular complexity index is 921. The summed E-state index contributed by atoms with van der Waals surface area (Å²) in [5.74, 6) is -0.380. The number of hydrogen-bond donors (Lipinski definition) is 0. The molecule has 0 radical (unpaired) electrons. The number of rotatable bonds is 4. The van der Waals surface area contributed by atoms with Crippen LogP contribution in [-0.4, -0.2) is 60.9 Å². The molecule has 2 aromatic rings. The number of halogens is 1. The van der Waals surface area contributed by atoms with Crippen molar-refractivity contribution in [2.45, 2.75) is 19.3 Å². The molecule has 0 N–H and O–H groups in total. The van der Waals surface area contributed by atoms with Crippen molar-refractivity contribution in [2.75, 3.05) is 44.2 Å². The molecule has 2 aromatic carbocycles. The minimum absolute atomic E-state index is 0.139. The number of carbonyl (C=O) groups excluding carboxylic acids is 2. The molecule has 1 fully saturated rings. The van der Waals surface area contributed by atoms with E-state index in [1.54, 1.807) is 18.2 Å². The van der Waals surface area contributed by atoms with Crippen LogP contribution in [0.4, 0.5) is 5.69 Å². The number of carbonyl (C=O) groups is 2. The maximum Gasteiger partial charge on any atom is 0.260 e. The lowest BCUT2D eigenvalue weighted by Crippen LogP contribution is -2.55.